The summed E-state index contributed by atoms with van der Waals surface area (Å²) in [4.78, 5) is 14.5. The summed E-state index contributed by atoms with van der Waals surface area (Å²) in [7, 11) is 0. The van der Waals surface area contributed by atoms with Crippen LogP contribution < -0.4 is 10.1 Å². The number of hydrogen-bond donors (Lipinski definition) is 1. The third-order valence-electron chi connectivity index (χ3n) is 4.28. The van der Waals surface area contributed by atoms with E-state index in [1.54, 1.807) is 0 Å². The number of carbonyl (C=O) groups is 1. The van der Waals surface area contributed by atoms with Gasteiger partial charge in [-0.1, -0.05) is 18.2 Å². The number of para-hydroxylation sites is 1. The van der Waals surface area contributed by atoms with E-state index in [0.29, 0.717) is 12.3 Å². The van der Waals surface area contributed by atoms with Crippen molar-refractivity contribution in [3.8, 4) is 5.75 Å². The molecule has 0 saturated carbocycles. The van der Waals surface area contributed by atoms with E-state index in [1.807, 2.05) is 49.4 Å². The molecular formula is C19H24N2O3. The molecule has 0 bridgehead atoms. The molecule has 1 aliphatic heterocycles. The van der Waals surface area contributed by atoms with E-state index in [2.05, 4.69) is 10.2 Å². The second-order valence-corrected chi connectivity index (χ2v) is 6.11. The highest BCUT2D eigenvalue weighted by Crippen LogP contribution is 2.26. The highest BCUT2D eigenvalue weighted by Gasteiger charge is 2.26. The van der Waals surface area contributed by atoms with Crippen LogP contribution in [0.2, 0.25) is 0 Å². The number of benzene rings is 1. The summed E-state index contributed by atoms with van der Waals surface area (Å²) in [6, 6.07) is 13.4. The van der Waals surface area contributed by atoms with E-state index in [4.69, 9.17) is 9.15 Å². The van der Waals surface area contributed by atoms with Gasteiger partial charge in [0.25, 0.3) is 5.91 Å². The van der Waals surface area contributed by atoms with Crippen molar-refractivity contribution >= 4 is 5.91 Å². The van der Waals surface area contributed by atoms with Crippen LogP contribution in [0.1, 0.15) is 30.4 Å². The molecule has 5 heteroatoms. The smallest absolute Gasteiger partial charge is 0.258 e. The number of likely N-dealkylation sites (tertiary alicyclic amines) is 1. The van der Waals surface area contributed by atoms with Crippen LogP contribution in [0, 0.1) is 6.92 Å². The Morgan fingerprint density at radius 2 is 1.96 bits per heavy atom. The predicted octanol–water partition coefficient (Wildman–Crippen LogP) is 2.92. The Labute approximate surface area is 142 Å². The molecule has 2 aromatic rings. The fraction of sp³-hybridized carbons (Fsp3) is 0.421. The number of rotatable bonds is 7. The zero-order valence-corrected chi connectivity index (χ0v) is 14.0. The molecule has 1 aromatic carbocycles. The van der Waals surface area contributed by atoms with Crippen LogP contribution in [0.25, 0.3) is 0 Å². The summed E-state index contributed by atoms with van der Waals surface area (Å²) >= 11 is 0. The summed E-state index contributed by atoms with van der Waals surface area (Å²) in [5.41, 5.74) is 0. The number of aryl methyl sites for hydroxylation is 1. The van der Waals surface area contributed by atoms with Gasteiger partial charge in [0.15, 0.2) is 6.61 Å². The van der Waals surface area contributed by atoms with E-state index in [1.165, 1.54) is 12.8 Å². The molecule has 1 N–H and O–H groups in total. The van der Waals surface area contributed by atoms with Gasteiger partial charge in [-0.3, -0.25) is 9.69 Å². The lowest BCUT2D eigenvalue weighted by Crippen LogP contribution is -2.38. The second kappa shape index (κ2) is 8.02. The Morgan fingerprint density at radius 1 is 1.21 bits per heavy atom. The van der Waals surface area contributed by atoms with Gasteiger partial charge < -0.3 is 14.5 Å². The lowest BCUT2D eigenvalue weighted by atomic mass is 10.2. The third kappa shape index (κ3) is 4.38. The molecule has 2 heterocycles. The summed E-state index contributed by atoms with van der Waals surface area (Å²) in [6.07, 6.45) is 2.39. The zero-order chi connectivity index (χ0) is 16.8. The zero-order valence-electron chi connectivity index (χ0n) is 14.0. The van der Waals surface area contributed by atoms with Crippen LogP contribution in [-0.2, 0) is 4.79 Å². The maximum absolute atomic E-state index is 12.1. The maximum Gasteiger partial charge on any atom is 0.258 e. The molecular weight excluding hydrogens is 304 g/mol. The quantitative estimate of drug-likeness (QED) is 0.849. The molecule has 5 nitrogen and oxygen atoms in total. The van der Waals surface area contributed by atoms with Crippen LogP contribution in [0.5, 0.6) is 5.75 Å². The minimum absolute atomic E-state index is 0.0217. The van der Waals surface area contributed by atoms with Gasteiger partial charge in [-0.25, -0.2) is 0 Å². The van der Waals surface area contributed by atoms with Crippen molar-refractivity contribution in [2.45, 2.75) is 25.8 Å². The standard InChI is InChI=1S/C19H24N2O3/c1-15-9-10-18(24-15)17(21-11-5-6-12-21)13-20-19(22)14-23-16-7-3-2-4-8-16/h2-4,7-10,17H,5-6,11-14H2,1H3,(H,20,22)/t17-/m1/s1. The average Bonchev–Trinajstić information content (AvgIpc) is 3.27. The van der Waals surface area contributed by atoms with Gasteiger partial charge in [0.05, 0.1) is 6.04 Å². The monoisotopic (exact) mass is 328 g/mol. The van der Waals surface area contributed by atoms with Gasteiger partial charge in [0.2, 0.25) is 0 Å². The minimum atomic E-state index is -0.119. The average molecular weight is 328 g/mol. The largest absolute Gasteiger partial charge is 0.484 e. The van der Waals surface area contributed by atoms with Crippen molar-refractivity contribution in [3.63, 3.8) is 0 Å². The highest BCUT2D eigenvalue weighted by atomic mass is 16.5. The molecule has 1 fully saturated rings. The Hall–Kier alpha value is -2.27. The normalized spacial score (nSPS) is 16.0. The first-order chi connectivity index (χ1) is 11.7. The molecule has 128 valence electrons. The van der Waals surface area contributed by atoms with Gasteiger partial charge in [0, 0.05) is 6.54 Å². The maximum atomic E-state index is 12.1. The van der Waals surface area contributed by atoms with E-state index < -0.39 is 0 Å². The molecule has 0 unspecified atom stereocenters. The van der Waals surface area contributed by atoms with Crippen LogP contribution >= 0.6 is 0 Å². The highest BCUT2D eigenvalue weighted by molar-refractivity contribution is 5.77. The molecule has 1 saturated heterocycles. The number of amides is 1. The summed E-state index contributed by atoms with van der Waals surface area (Å²) in [5, 5.41) is 2.97. The Kier molecular flexibility index (Phi) is 5.54. The van der Waals surface area contributed by atoms with Crippen molar-refractivity contribution in [2.75, 3.05) is 26.2 Å². The first-order valence-corrected chi connectivity index (χ1v) is 8.47. The lowest BCUT2D eigenvalue weighted by Gasteiger charge is -2.26. The summed E-state index contributed by atoms with van der Waals surface area (Å²) < 4.78 is 11.3. The number of nitrogens with one attached hydrogen (secondary N) is 1. The van der Waals surface area contributed by atoms with Gasteiger partial charge in [-0.2, -0.15) is 0 Å². The number of nitrogens with zero attached hydrogens (tertiary/aromatic N) is 1. The molecule has 0 radical (unpaired) electrons. The molecule has 1 amide bonds. The Bertz CT molecular complexity index is 648. The number of furan rings is 1. The minimum Gasteiger partial charge on any atom is -0.484 e. The number of carbonyl (C=O) groups excluding carboxylic acids is 1. The Balaban J connectivity index is 1.54. The summed E-state index contributed by atoms with van der Waals surface area (Å²) in [5.74, 6) is 2.39. The Morgan fingerprint density at radius 3 is 2.62 bits per heavy atom. The predicted molar refractivity (Wildman–Crippen MR) is 91.9 cm³/mol. The van der Waals surface area contributed by atoms with E-state index in [-0.39, 0.29) is 18.6 Å². The van der Waals surface area contributed by atoms with Crippen LogP contribution in [0.4, 0.5) is 0 Å². The van der Waals surface area contributed by atoms with Gasteiger partial charge in [-0.15, -0.1) is 0 Å². The van der Waals surface area contributed by atoms with Crippen molar-refractivity contribution in [1.29, 1.82) is 0 Å². The first-order valence-electron chi connectivity index (χ1n) is 8.47. The van der Waals surface area contributed by atoms with Crippen molar-refractivity contribution < 1.29 is 13.9 Å². The number of hydrogen-bond acceptors (Lipinski definition) is 4. The van der Waals surface area contributed by atoms with Gasteiger partial charge in [-0.05, 0) is 57.1 Å². The molecule has 1 atom stereocenters. The molecule has 1 aromatic heterocycles. The fourth-order valence-electron chi connectivity index (χ4n) is 3.02. The van der Waals surface area contributed by atoms with E-state index >= 15 is 0 Å². The molecule has 24 heavy (non-hydrogen) atoms. The van der Waals surface area contributed by atoms with E-state index in [0.717, 1.165) is 24.6 Å². The SMILES string of the molecule is Cc1ccc([C@@H](CNC(=O)COc2ccccc2)N2CCCC2)o1. The van der Waals surface area contributed by atoms with Crippen LogP contribution in [-0.4, -0.2) is 37.0 Å². The van der Waals surface area contributed by atoms with Crippen molar-refractivity contribution in [2.24, 2.45) is 0 Å². The summed E-state index contributed by atoms with van der Waals surface area (Å²) in [6.45, 7) is 4.58. The van der Waals surface area contributed by atoms with E-state index in [9.17, 15) is 4.79 Å². The van der Waals surface area contributed by atoms with Crippen molar-refractivity contribution in [3.05, 3.63) is 54.0 Å². The first kappa shape index (κ1) is 16.6. The van der Waals surface area contributed by atoms with Gasteiger partial charge >= 0.3 is 0 Å². The molecule has 0 aliphatic carbocycles. The third-order valence-corrected chi connectivity index (χ3v) is 4.28. The molecule has 0 spiro atoms. The lowest BCUT2D eigenvalue weighted by molar-refractivity contribution is -0.123. The topological polar surface area (TPSA) is 54.7 Å². The number of ether oxygens (including phenoxy) is 1. The van der Waals surface area contributed by atoms with Crippen LogP contribution in [0.15, 0.2) is 46.9 Å². The second-order valence-electron chi connectivity index (χ2n) is 6.11. The van der Waals surface area contributed by atoms with Crippen molar-refractivity contribution in [1.82, 2.24) is 10.2 Å². The molecule has 3 rings (SSSR count). The van der Waals surface area contributed by atoms with Gasteiger partial charge in [0.1, 0.15) is 17.3 Å². The fourth-order valence-corrected chi connectivity index (χ4v) is 3.02. The molecule has 1 aliphatic rings. The van der Waals surface area contributed by atoms with Crippen LogP contribution in [0.3, 0.4) is 0 Å².